The molecule has 4 nitrogen and oxygen atoms in total. The molecule has 0 rings (SSSR count). The summed E-state index contributed by atoms with van der Waals surface area (Å²) in [6.07, 6.45) is 0. The van der Waals surface area contributed by atoms with Crippen LogP contribution in [0.15, 0.2) is 0 Å². The van der Waals surface area contributed by atoms with Crippen LogP contribution < -0.4 is 0 Å². The Labute approximate surface area is 125 Å². The normalized spacial score (nSPS) is 15.6. The summed E-state index contributed by atoms with van der Waals surface area (Å²) >= 11 is 4.37. The fourth-order valence-corrected chi connectivity index (χ4v) is 6.66. The molecular weight excluding hydrogens is 303 g/mol. The van der Waals surface area contributed by atoms with Crippen LogP contribution in [0.1, 0.15) is 34.6 Å². The number of hydrogen-bond acceptors (Lipinski definition) is 4. The number of hydrogen-bond donors (Lipinski definition) is 2. The lowest BCUT2D eigenvalue weighted by atomic mass is 10.2. The van der Waals surface area contributed by atoms with Gasteiger partial charge in [0.1, 0.15) is 0 Å². The molecule has 7 heteroatoms. The first-order valence-corrected chi connectivity index (χ1v) is 11.1. The van der Waals surface area contributed by atoms with Crippen LogP contribution in [0.2, 0.25) is 0 Å². The number of carbonyl (C=O) groups is 1. The molecule has 0 radical (unpaired) electrons. The average Bonchev–Trinajstić information content (AvgIpc) is 2.32. The smallest absolute Gasteiger partial charge is 0.307 e. The average molecular weight is 330 g/mol. The Hall–Kier alpha value is 0.520. The summed E-state index contributed by atoms with van der Waals surface area (Å²) in [4.78, 5) is 11.0. The molecule has 0 saturated carbocycles. The molecule has 0 spiro atoms. The third-order valence-corrected chi connectivity index (χ3v) is 9.01. The van der Waals surface area contributed by atoms with E-state index in [1.54, 1.807) is 6.92 Å². The summed E-state index contributed by atoms with van der Waals surface area (Å²) in [6, 6.07) is 0. The summed E-state index contributed by atoms with van der Waals surface area (Å²) in [7, 11) is -1.86. The minimum absolute atomic E-state index is 0.174. The lowest BCUT2D eigenvalue weighted by molar-refractivity contribution is -0.140. The number of aliphatic carboxylic acids is 1. The molecule has 0 saturated heterocycles. The molecule has 0 bridgehead atoms. The molecule has 0 aromatic carbocycles. The number of carboxylic acids is 1. The van der Waals surface area contributed by atoms with Crippen molar-refractivity contribution in [1.82, 2.24) is 0 Å². The monoisotopic (exact) mass is 330 g/mol. The van der Waals surface area contributed by atoms with Crippen LogP contribution in [-0.4, -0.2) is 30.0 Å². The maximum absolute atomic E-state index is 11.0. The van der Waals surface area contributed by atoms with Crippen LogP contribution >= 0.6 is 29.4 Å². The molecule has 0 aliphatic carbocycles. The highest BCUT2D eigenvalue weighted by Crippen LogP contribution is 2.69. The van der Waals surface area contributed by atoms with Crippen LogP contribution in [0.3, 0.4) is 0 Å². The van der Waals surface area contributed by atoms with Gasteiger partial charge in [0.15, 0.2) is 0 Å². The van der Waals surface area contributed by atoms with Crippen molar-refractivity contribution in [3.8, 4) is 0 Å². The van der Waals surface area contributed by atoms with Gasteiger partial charge in [0.25, 0.3) is 0 Å². The van der Waals surface area contributed by atoms with Crippen molar-refractivity contribution in [1.29, 1.82) is 0 Å². The topological polar surface area (TPSA) is 55.8 Å². The lowest BCUT2D eigenvalue weighted by Crippen LogP contribution is -2.22. The summed E-state index contributed by atoms with van der Waals surface area (Å²) in [5, 5.41) is 9.08. The van der Waals surface area contributed by atoms with E-state index in [4.69, 9.17) is 13.5 Å². The highest BCUT2D eigenvalue weighted by molar-refractivity contribution is 8.87. The standard InChI is InChI=1S/C12H27O4PS2/c1-9(2)6-15-19(17-18,16-7-10(3)4)8-11(5)12(13)14/h9-11,17-18H,6-8H2,1-5H3,(H,13,14). The molecule has 116 valence electrons. The van der Waals surface area contributed by atoms with E-state index in [9.17, 15) is 4.79 Å². The van der Waals surface area contributed by atoms with Gasteiger partial charge in [-0.3, -0.25) is 13.2 Å². The molecule has 0 aromatic heterocycles. The van der Waals surface area contributed by atoms with Gasteiger partial charge in [-0.1, -0.05) is 34.6 Å². The molecule has 2 unspecified atom stereocenters. The van der Waals surface area contributed by atoms with Crippen LogP contribution in [0.4, 0.5) is 0 Å². The molecule has 0 amide bonds. The SMILES string of the molecule is CC(C)COS(CC(C)C(=O)O)(OCC(C)C)PS. The van der Waals surface area contributed by atoms with E-state index in [1.807, 2.05) is 0 Å². The Balaban J connectivity index is 4.77. The van der Waals surface area contributed by atoms with Gasteiger partial charge in [-0.25, -0.2) is 0 Å². The highest BCUT2D eigenvalue weighted by Gasteiger charge is 2.27. The predicted molar refractivity (Wildman–Crippen MR) is 88.1 cm³/mol. The Morgan fingerprint density at radius 2 is 1.58 bits per heavy atom. The Bertz CT molecular complexity index is 262. The van der Waals surface area contributed by atoms with Crippen molar-refractivity contribution in [2.75, 3.05) is 19.0 Å². The molecular formula is C12H27O4PS2. The van der Waals surface area contributed by atoms with Crippen molar-refractivity contribution >= 4 is 35.4 Å². The zero-order valence-corrected chi connectivity index (χ0v) is 15.1. The molecule has 2 atom stereocenters. The van der Waals surface area contributed by atoms with E-state index in [0.29, 0.717) is 30.8 Å². The van der Waals surface area contributed by atoms with Gasteiger partial charge in [-0.05, 0) is 11.8 Å². The zero-order valence-electron chi connectivity index (χ0n) is 12.4. The van der Waals surface area contributed by atoms with Gasteiger partial charge in [0.05, 0.1) is 31.9 Å². The van der Waals surface area contributed by atoms with Gasteiger partial charge < -0.3 is 5.11 Å². The number of carboxylic acid groups (broad SMARTS) is 1. The van der Waals surface area contributed by atoms with Gasteiger partial charge >= 0.3 is 5.97 Å². The largest absolute Gasteiger partial charge is 0.481 e. The van der Waals surface area contributed by atoms with E-state index in [-0.39, 0.29) is 6.98 Å². The van der Waals surface area contributed by atoms with Crippen molar-refractivity contribution in [2.24, 2.45) is 17.8 Å². The quantitative estimate of drug-likeness (QED) is 0.467. The third kappa shape index (κ3) is 8.41. The molecule has 1 N–H and O–H groups in total. The molecule has 19 heavy (non-hydrogen) atoms. The molecule has 0 heterocycles. The highest BCUT2D eigenvalue weighted by atomic mass is 33.1. The number of thiol groups is 1. The lowest BCUT2D eigenvalue weighted by Gasteiger charge is -2.43. The van der Waals surface area contributed by atoms with Crippen LogP contribution in [0, 0.1) is 17.8 Å². The fourth-order valence-electron chi connectivity index (χ4n) is 1.11. The van der Waals surface area contributed by atoms with Crippen LogP contribution in [-0.2, 0) is 13.2 Å². The Morgan fingerprint density at radius 3 is 1.84 bits per heavy atom. The first kappa shape index (κ1) is 19.5. The molecule has 0 aromatic rings. The maximum Gasteiger partial charge on any atom is 0.307 e. The molecule has 0 fully saturated rings. The second kappa shape index (κ2) is 9.46. The third-order valence-electron chi connectivity index (χ3n) is 2.21. The van der Waals surface area contributed by atoms with Gasteiger partial charge in [0, 0.05) is 0 Å². The van der Waals surface area contributed by atoms with Crippen LogP contribution in [0.5, 0.6) is 0 Å². The summed E-state index contributed by atoms with van der Waals surface area (Å²) in [5.41, 5.74) is 0. The van der Waals surface area contributed by atoms with E-state index >= 15 is 0 Å². The first-order chi connectivity index (χ1) is 8.72. The van der Waals surface area contributed by atoms with Crippen molar-refractivity contribution in [3.63, 3.8) is 0 Å². The second-order valence-corrected chi connectivity index (χ2v) is 11.7. The zero-order chi connectivity index (χ0) is 15.1. The summed E-state index contributed by atoms with van der Waals surface area (Å²) in [5.74, 6) is -0.110. The summed E-state index contributed by atoms with van der Waals surface area (Å²) in [6.45, 7) is 11.3. The second-order valence-electron chi connectivity index (χ2n) is 5.47. The van der Waals surface area contributed by atoms with Crippen molar-refractivity contribution < 1.29 is 18.3 Å². The van der Waals surface area contributed by atoms with Crippen molar-refractivity contribution in [2.45, 2.75) is 34.6 Å². The first-order valence-electron chi connectivity index (χ1n) is 6.45. The minimum Gasteiger partial charge on any atom is -0.481 e. The summed E-state index contributed by atoms with van der Waals surface area (Å²) < 4.78 is 11.9. The van der Waals surface area contributed by atoms with Gasteiger partial charge in [-0.2, -0.15) is 10.2 Å². The van der Waals surface area contributed by atoms with Crippen LogP contribution in [0.25, 0.3) is 0 Å². The predicted octanol–water partition coefficient (Wildman–Crippen LogP) is 4.13. The minimum atomic E-state index is -1.86. The Kier molecular flexibility index (Phi) is 9.71. The van der Waals surface area contributed by atoms with E-state index < -0.39 is 22.1 Å². The maximum atomic E-state index is 11.0. The van der Waals surface area contributed by atoms with E-state index in [2.05, 4.69) is 39.9 Å². The molecule has 0 aliphatic heterocycles. The van der Waals surface area contributed by atoms with E-state index in [0.717, 1.165) is 0 Å². The van der Waals surface area contributed by atoms with Gasteiger partial charge in [-0.15, -0.1) is 12.2 Å². The number of rotatable bonds is 10. The fraction of sp³-hybridized carbons (Fsp3) is 0.917. The van der Waals surface area contributed by atoms with E-state index in [1.165, 1.54) is 0 Å². The Morgan fingerprint density at radius 1 is 1.16 bits per heavy atom. The molecule has 0 aliphatic rings. The van der Waals surface area contributed by atoms with Gasteiger partial charge in [0.2, 0.25) is 0 Å². The van der Waals surface area contributed by atoms with Crippen molar-refractivity contribution in [3.05, 3.63) is 0 Å².